The van der Waals surface area contributed by atoms with Crippen LogP contribution in [-0.2, 0) is 4.79 Å². The molecular weight excluding hydrogens is 306 g/mol. The van der Waals surface area contributed by atoms with Gasteiger partial charge in [0.1, 0.15) is 5.56 Å². The van der Waals surface area contributed by atoms with Crippen molar-refractivity contribution in [3.8, 4) is 0 Å². The second-order valence-electron chi connectivity index (χ2n) is 5.37. The summed E-state index contributed by atoms with van der Waals surface area (Å²) in [5.41, 5.74) is -0.295. The number of aromatic nitrogens is 2. The number of likely N-dealkylation sites (tertiary alicyclic amines) is 1. The number of hydrogen-bond acceptors (Lipinski definition) is 5. The zero-order valence-corrected chi connectivity index (χ0v) is 12.6. The highest BCUT2D eigenvalue weighted by atomic mass is 32.1. The quantitative estimate of drug-likeness (QED) is 0.913. The Hall–Kier alpha value is -2.22. The molecule has 2 aromatic rings. The molecule has 3 rings (SSSR count). The van der Waals surface area contributed by atoms with E-state index in [0.717, 1.165) is 0 Å². The average molecular weight is 321 g/mol. The van der Waals surface area contributed by atoms with Crippen molar-refractivity contribution in [3.63, 3.8) is 0 Å². The van der Waals surface area contributed by atoms with Crippen LogP contribution in [0.25, 0.3) is 4.96 Å². The van der Waals surface area contributed by atoms with Crippen LogP contribution in [0.2, 0.25) is 0 Å². The van der Waals surface area contributed by atoms with Crippen LogP contribution in [0, 0.1) is 5.92 Å². The van der Waals surface area contributed by atoms with E-state index in [0.29, 0.717) is 30.9 Å². The molecule has 0 spiro atoms. The van der Waals surface area contributed by atoms with E-state index < -0.39 is 5.97 Å². The molecule has 0 aromatic carbocycles. The van der Waals surface area contributed by atoms with Gasteiger partial charge in [0.25, 0.3) is 11.5 Å². The summed E-state index contributed by atoms with van der Waals surface area (Å²) >= 11 is 1.33. The van der Waals surface area contributed by atoms with Crippen LogP contribution in [0.4, 0.5) is 0 Å². The Balaban J connectivity index is 1.75. The van der Waals surface area contributed by atoms with E-state index in [1.165, 1.54) is 21.9 Å². The van der Waals surface area contributed by atoms with Crippen LogP contribution in [-0.4, -0.2) is 44.4 Å². The van der Waals surface area contributed by atoms with Gasteiger partial charge in [-0.05, 0) is 18.8 Å². The number of aliphatic carboxylic acids is 1. The molecule has 0 radical (unpaired) electrons. The van der Waals surface area contributed by atoms with Gasteiger partial charge in [-0.25, -0.2) is 4.98 Å². The number of piperidine rings is 1. The summed E-state index contributed by atoms with van der Waals surface area (Å²) in [5.74, 6) is -1.04. The van der Waals surface area contributed by atoms with Gasteiger partial charge in [0.05, 0.1) is 0 Å². The number of hydrogen-bond donors (Lipinski definition) is 1. The fraction of sp³-hybridized carbons (Fsp3) is 0.429. The molecule has 22 heavy (non-hydrogen) atoms. The van der Waals surface area contributed by atoms with Gasteiger partial charge in [-0.1, -0.05) is 0 Å². The monoisotopic (exact) mass is 321 g/mol. The van der Waals surface area contributed by atoms with E-state index in [-0.39, 0.29) is 29.4 Å². The highest BCUT2D eigenvalue weighted by molar-refractivity contribution is 7.15. The third kappa shape index (κ3) is 2.74. The molecule has 0 unspecified atom stereocenters. The van der Waals surface area contributed by atoms with Crippen molar-refractivity contribution in [1.82, 2.24) is 14.3 Å². The summed E-state index contributed by atoms with van der Waals surface area (Å²) in [6.07, 6.45) is 4.36. The van der Waals surface area contributed by atoms with Crippen molar-refractivity contribution in [2.75, 3.05) is 13.1 Å². The van der Waals surface area contributed by atoms with Gasteiger partial charge in [0, 0.05) is 37.3 Å². The minimum absolute atomic E-state index is 0.0626. The Morgan fingerprint density at radius 1 is 1.36 bits per heavy atom. The first-order chi connectivity index (χ1) is 10.6. The maximum Gasteiger partial charge on any atom is 0.303 e. The standard InChI is InChI=1S/C14H15N3O4S/c18-11(19)7-9-1-3-16(4-2-9)12(20)10-8-15-14-17(13(10)21)5-6-22-14/h5-6,8-9H,1-4,7H2,(H,18,19). The molecular formula is C14H15N3O4S. The normalized spacial score (nSPS) is 16.1. The van der Waals surface area contributed by atoms with Crippen molar-refractivity contribution < 1.29 is 14.7 Å². The Morgan fingerprint density at radius 3 is 2.77 bits per heavy atom. The molecule has 0 bridgehead atoms. The number of amides is 1. The number of thiazole rings is 1. The lowest BCUT2D eigenvalue weighted by Gasteiger charge is -2.31. The molecule has 1 N–H and O–H groups in total. The molecule has 7 nitrogen and oxygen atoms in total. The van der Waals surface area contributed by atoms with Crippen LogP contribution in [0.3, 0.4) is 0 Å². The van der Waals surface area contributed by atoms with Gasteiger partial charge in [-0.2, -0.15) is 0 Å². The zero-order chi connectivity index (χ0) is 15.7. The molecule has 0 atom stereocenters. The van der Waals surface area contributed by atoms with Crippen molar-refractivity contribution in [1.29, 1.82) is 0 Å². The lowest BCUT2D eigenvalue weighted by Crippen LogP contribution is -2.41. The van der Waals surface area contributed by atoms with Crippen molar-refractivity contribution >= 4 is 28.2 Å². The van der Waals surface area contributed by atoms with E-state index in [1.54, 1.807) is 16.5 Å². The van der Waals surface area contributed by atoms with Crippen LogP contribution < -0.4 is 5.56 Å². The second kappa shape index (κ2) is 5.88. The number of rotatable bonds is 3. The third-order valence-electron chi connectivity index (χ3n) is 3.94. The molecule has 1 aliphatic heterocycles. The summed E-state index contributed by atoms with van der Waals surface area (Å²) in [7, 11) is 0. The lowest BCUT2D eigenvalue weighted by molar-refractivity contribution is -0.138. The topological polar surface area (TPSA) is 92.0 Å². The number of carboxylic acid groups (broad SMARTS) is 1. The molecule has 116 valence electrons. The van der Waals surface area contributed by atoms with Gasteiger partial charge < -0.3 is 10.0 Å². The summed E-state index contributed by atoms with van der Waals surface area (Å²) in [5, 5.41) is 10.5. The number of carbonyl (C=O) groups excluding carboxylic acids is 1. The Labute approximate surface area is 129 Å². The summed E-state index contributed by atoms with van der Waals surface area (Å²) in [4.78, 5) is 41.8. The minimum atomic E-state index is -0.810. The molecule has 0 aliphatic carbocycles. The summed E-state index contributed by atoms with van der Waals surface area (Å²) in [6.45, 7) is 0.950. The molecule has 1 aliphatic rings. The van der Waals surface area contributed by atoms with E-state index in [9.17, 15) is 14.4 Å². The molecule has 3 heterocycles. The molecule has 1 saturated heterocycles. The zero-order valence-electron chi connectivity index (χ0n) is 11.8. The van der Waals surface area contributed by atoms with Crippen LogP contribution in [0.5, 0.6) is 0 Å². The third-order valence-corrected chi connectivity index (χ3v) is 4.71. The summed E-state index contributed by atoms with van der Waals surface area (Å²) < 4.78 is 1.37. The predicted molar refractivity (Wildman–Crippen MR) is 80.2 cm³/mol. The summed E-state index contributed by atoms with van der Waals surface area (Å²) in [6, 6.07) is 0. The minimum Gasteiger partial charge on any atom is -0.481 e. The Bertz CT molecular complexity index is 774. The highest BCUT2D eigenvalue weighted by Crippen LogP contribution is 2.21. The smallest absolute Gasteiger partial charge is 0.303 e. The molecule has 2 aromatic heterocycles. The van der Waals surface area contributed by atoms with E-state index >= 15 is 0 Å². The molecule has 0 saturated carbocycles. The largest absolute Gasteiger partial charge is 0.481 e. The molecule has 1 amide bonds. The molecule has 8 heteroatoms. The van der Waals surface area contributed by atoms with Gasteiger partial charge in [-0.3, -0.25) is 18.8 Å². The van der Waals surface area contributed by atoms with E-state index in [2.05, 4.69) is 4.98 Å². The van der Waals surface area contributed by atoms with Crippen LogP contribution in [0.15, 0.2) is 22.6 Å². The lowest BCUT2D eigenvalue weighted by atomic mass is 9.93. The first-order valence-corrected chi connectivity index (χ1v) is 7.90. The van der Waals surface area contributed by atoms with Crippen LogP contribution in [0.1, 0.15) is 29.6 Å². The number of carboxylic acids is 1. The van der Waals surface area contributed by atoms with Crippen molar-refractivity contribution in [2.24, 2.45) is 5.92 Å². The van der Waals surface area contributed by atoms with Gasteiger partial charge in [0.15, 0.2) is 4.96 Å². The maximum absolute atomic E-state index is 12.5. The number of carbonyl (C=O) groups is 2. The SMILES string of the molecule is O=C(O)CC1CCN(C(=O)c2cnc3sccn3c2=O)CC1. The van der Waals surface area contributed by atoms with Gasteiger partial charge >= 0.3 is 5.97 Å². The maximum atomic E-state index is 12.5. The Morgan fingerprint density at radius 2 is 2.09 bits per heavy atom. The van der Waals surface area contributed by atoms with Crippen molar-refractivity contribution in [3.05, 3.63) is 33.7 Å². The van der Waals surface area contributed by atoms with E-state index in [1.807, 2.05) is 0 Å². The second-order valence-corrected chi connectivity index (χ2v) is 6.24. The fourth-order valence-electron chi connectivity index (χ4n) is 2.73. The first-order valence-electron chi connectivity index (χ1n) is 7.02. The average Bonchev–Trinajstić information content (AvgIpc) is 2.96. The predicted octanol–water partition coefficient (Wildman–Crippen LogP) is 1.08. The Kier molecular flexibility index (Phi) is 3.93. The van der Waals surface area contributed by atoms with Gasteiger partial charge in [0.2, 0.25) is 0 Å². The van der Waals surface area contributed by atoms with E-state index in [4.69, 9.17) is 5.11 Å². The number of nitrogens with zero attached hydrogens (tertiary/aromatic N) is 3. The first kappa shape index (κ1) is 14.7. The molecule has 1 fully saturated rings. The van der Waals surface area contributed by atoms with Crippen molar-refractivity contribution in [2.45, 2.75) is 19.3 Å². The number of fused-ring (bicyclic) bond motifs is 1. The van der Waals surface area contributed by atoms with Crippen LogP contribution >= 0.6 is 11.3 Å². The van der Waals surface area contributed by atoms with Gasteiger partial charge in [-0.15, -0.1) is 11.3 Å². The highest BCUT2D eigenvalue weighted by Gasteiger charge is 2.26. The fourth-order valence-corrected chi connectivity index (χ4v) is 3.40.